The highest BCUT2D eigenvalue weighted by atomic mass is 14.1. The van der Waals surface area contributed by atoms with Crippen molar-refractivity contribution in [3.63, 3.8) is 0 Å². The Morgan fingerprint density at radius 3 is 2.82 bits per heavy atom. The van der Waals surface area contributed by atoms with Gasteiger partial charge in [-0.15, -0.1) is 0 Å². The van der Waals surface area contributed by atoms with E-state index in [1.807, 2.05) is 6.08 Å². The first kappa shape index (κ1) is 6.41. The number of hydrogen-bond acceptors (Lipinski definition) is 0. The molecular weight excluding hydrogens is 132 g/mol. The molecule has 54 valence electrons. The Kier molecular flexibility index (Phi) is 1.39. The molecule has 0 radical (unpaired) electrons. The Bertz CT molecular complexity index is 309. The highest BCUT2D eigenvalue weighted by Crippen LogP contribution is 2.27. The van der Waals surface area contributed by atoms with Gasteiger partial charge in [0.15, 0.2) is 0 Å². The molecule has 0 heterocycles. The van der Waals surface area contributed by atoms with Crippen molar-refractivity contribution in [2.45, 2.75) is 6.42 Å². The predicted molar refractivity (Wildman–Crippen MR) is 48.2 cm³/mol. The van der Waals surface area contributed by atoms with Crippen molar-refractivity contribution in [3.05, 3.63) is 59.8 Å². The molecule has 0 spiro atoms. The van der Waals surface area contributed by atoms with E-state index in [1.165, 1.54) is 11.1 Å². The van der Waals surface area contributed by atoms with E-state index in [4.69, 9.17) is 0 Å². The summed E-state index contributed by atoms with van der Waals surface area (Å²) in [6.07, 6.45) is 13.7. The second-order valence-corrected chi connectivity index (χ2v) is 2.79. The van der Waals surface area contributed by atoms with E-state index >= 15 is 0 Å². The SMILES string of the molecule is C=C1C=CC=CC2=C1C=CC2. The van der Waals surface area contributed by atoms with Gasteiger partial charge in [-0.05, 0) is 23.1 Å². The normalized spacial score (nSPS) is 20.9. The summed E-state index contributed by atoms with van der Waals surface area (Å²) in [6, 6.07) is 0. The molecule has 0 atom stereocenters. The fourth-order valence-corrected chi connectivity index (χ4v) is 1.43. The Labute approximate surface area is 66.9 Å². The van der Waals surface area contributed by atoms with Crippen LogP contribution in [0.1, 0.15) is 6.42 Å². The van der Waals surface area contributed by atoms with Crippen molar-refractivity contribution in [2.24, 2.45) is 0 Å². The zero-order valence-electron chi connectivity index (χ0n) is 6.38. The van der Waals surface area contributed by atoms with Gasteiger partial charge >= 0.3 is 0 Å². The maximum absolute atomic E-state index is 3.98. The lowest BCUT2D eigenvalue weighted by Crippen LogP contribution is -1.80. The fourth-order valence-electron chi connectivity index (χ4n) is 1.43. The van der Waals surface area contributed by atoms with Crippen LogP contribution >= 0.6 is 0 Å². The van der Waals surface area contributed by atoms with Crippen molar-refractivity contribution < 1.29 is 0 Å². The van der Waals surface area contributed by atoms with Gasteiger partial charge in [-0.3, -0.25) is 0 Å². The van der Waals surface area contributed by atoms with Gasteiger partial charge in [0.2, 0.25) is 0 Å². The van der Waals surface area contributed by atoms with E-state index in [-0.39, 0.29) is 0 Å². The van der Waals surface area contributed by atoms with Gasteiger partial charge in [0.05, 0.1) is 0 Å². The molecule has 0 saturated carbocycles. The van der Waals surface area contributed by atoms with Crippen molar-refractivity contribution in [1.29, 1.82) is 0 Å². The molecule has 0 saturated heterocycles. The standard InChI is InChI=1S/C11H10/c1-9-5-2-3-6-10-7-4-8-11(9)10/h2-6,8H,1,7H2. The maximum Gasteiger partial charge on any atom is -0.00880 e. The van der Waals surface area contributed by atoms with Gasteiger partial charge in [0.1, 0.15) is 0 Å². The molecule has 0 unspecified atom stereocenters. The average Bonchev–Trinajstić information content (AvgIpc) is 2.40. The quantitative estimate of drug-likeness (QED) is 0.488. The van der Waals surface area contributed by atoms with E-state index in [0.717, 1.165) is 12.0 Å². The molecule has 0 aromatic heterocycles. The van der Waals surface area contributed by atoms with Gasteiger partial charge in [-0.2, -0.15) is 0 Å². The van der Waals surface area contributed by atoms with Crippen LogP contribution in [-0.2, 0) is 0 Å². The monoisotopic (exact) mass is 142 g/mol. The molecular formula is C11H10. The number of rotatable bonds is 0. The molecule has 0 nitrogen and oxygen atoms in total. The Balaban J connectivity index is 2.50. The van der Waals surface area contributed by atoms with Crippen molar-refractivity contribution in [1.82, 2.24) is 0 Å². The molecule has 2 aliphatic rings. The molecule has 0 fully saturated rings. The average molecular weight is 142 g/mol. The fraction of sp³-hybridized carbons (Fsp3) is 0.0909. The minimum atomic E-state index is 1.06. The number of allylic oxidation sites excluding steroid dienone is 9. The molecule has 0 aromatic rings. The summed E-state index contributed by atoms with van der Waals surface area (Å²) in [6.45, 7) is 3.98. The molecule has 0 amide bonds. The molecule has 0 aliphatic heterocycles. The first-order chi connectivity index (χ1) is 5.38. The molecule has 0 heteroatoms. The third-order valence-corrected chi connectivity index (χ3v) is 2.02. The van der Waals surface area contributed by atoms with Crippen LogP contribution in [0.25, 0.3) is 0 Å². The van der Waals surface area contributed by atoms with Crippen LogP contribution in [0.15, 0.2) is 59.8 Å². The van der Waals surface area contributed by atoms with E-state index in [1.54, 1.807) is 0 Å². The lowest BCUT2D eigenvalue weighted by Gasteiger charge is -1.99. The first-order valence-electron chi connectivity index (χ1n) is 3.81. The third kappa shape index (κ3) is 1.01. The highest BCUT2D eigenvalue weighted by Gasteiger charge is 2.08. The molecule has 0 bridgehead atoms. The maximum atomic E-state index is 3.98. The minimum absolute atomic E-state index is 1.06. The largest absolute Gasteiger partial charge is 0.0911 e. The van der Waals surface area contributed by atoms with Crippen molar-refractivity contribution >= 4 is 0 Å². The lowest BCUT2D eigenvalue weighted by atomic mass is 10.1. The second-order valence-electron chi connectivity index (χ2n) is 2.79. The first-order valence-corrected chi connectivity index (χ1v) is 3.81. The topological polar surface area (TPSA) is 0 Å². The van der Waals surface area contributed by atoms with Crippen LogP contribution in [0, 0.1) is 0 Å². The van der Waals surface area contributed by atoms with Crippen LogP contribution in [0.2, 0.25) is 0 Å². The van der Waals surface area contributed by atoms with E-state index in [0.29, 0.717) is 0 Å². The van der Waals surface area contributed by atoms with Crippen molar-refractivity contribution in [3.8, 4) is 0 Å². The lowest BCUT2D eigenvalue weighted by molar-refractivity contribution is 1.32. The summed E-state index contributed by atoms with van der Waals surface area (Å²) >= 11 is 0. The van der Waals surface area contributed by atoms with E-state index in [2.05, 4.69) is 37.0 Å². The summed E-state index contributed by atoms with van der Waals surface area (Å²) in [5.74, 6) is 0. The Hall–Kier alpha value is -1.30. The predicted octanol–water partition coefficient (Wildman–Crippen LogP) is 2.93. The molecule has 0 N–H and O–H groups in total. The summed E-state index contributed by atoms with van der Waals surface area (Å²) in [4.78, 5) is 0. The Morgan fingerprint density at radius 1 is 1.09 bits per heavy atom. The van der Waals surface area contributed by atoms with Crippen LogP contribution in [-0.4, -0.2) is 0 Å². The van der Waals surface area contributed by atoms with Crippen molar-refractivity contribution in [2.75, 3.05) is 0 Å². The Morgan fingerprint density at radius 2 is 1.91 bits per heavy atom. The van der Waals surface area contributed by atoms with Gasteiger partial charge in [-0.1, -0.05) is 43.0 Å². The van der Waals surface area contributed by atoms with Gasteiger partial charge in [-0.25, -0.2) is 0 Å². The highest BCUT2D eigenvalue weighted by molar-refractivity contribution is 5.56. The second kappa shape index (κ2) is 2.39. The summed E-state index contributed by atoms with van der Waals surface area (Å²) in [5, 5.41) is 0. The van der Waals surface area contributed by atoms with E-state index in [9.17, 15) is 0 Å². The molecule has 2 rings (SSSR count). The van der Waals surface area contributed by atoms with Gasteiger partial charge in [0.25, 0.3) is 0 Å². The molecule has 0 aromatic carbocycles. The smallest absolute Gasteiger partial charge is 0.00880 e. The zero-order valence-corrected chi connectivity index (χ0v) is 6.38. The molecule has 2 aliphatic carbocycles. The van der Waals surface area contributed by atoms with Gasteiger partial charge in [0, 0.05) is 0 Å². The van der Waals surface area contributed by atoms with Crippen LogP contribution in [0.4, 0.5) is 0 Å². The molecule has 11 heavy (non-hydrogen) atoms. The van der Waals surface area contributed by atoms with Crippen LogP contribution in [0.3, 0.4) is 0 Å². The van der Waals surface area contributed by atoms with E-state index < -0.39 is 0 Å². The van der Waals surface area contributed by atoms with Gasteiger partial charge < -0.3 is 0 Å². The summed E-state index contributed by atoms with van der Waals surface area (Å²) < 4.78 is 0. The summed E-state index contributed by atoms with van der Waals surface area (Å²) in [5.41, 5.74) is 3.81. The zero-order chi connectivity index (χ0) is 7.68. The summed E-state index contributed by atoms with van der Waals surface area (Å²) in [7, 11) is 0. The number of hydrogen-bond donors (Lipinski definition) is 0. The van der Waals surface area contributed by atoms with Crippen LogP contribution < -0.4 is 0 Å². The van der Waals surface area contributed by atoms with Crippen LogP contribution in [0.5, 0.6) is 0 Å². The minimum Gasteiger partial charge on any atom is -0.0911 e. The third-order valence-electron chi connectivity index (χ3n) is 2.02.